The lowest BCUT2D eigenvalue weighted by Crippen LogP contribution is -2.30. The first-order valence-corrected chi connectivity index (χ1v) is 11.1. The molecule has 0 saturated carbocycles. The summed E-state index contributed by atoms with van der Waals surface area (Å²) in [5.74, 6) is -0.156. The van der Waals surface area contributed by atoms with Gasteiger partial charge in [0, 0.05) is 30.4 Å². The third kappa shape index (κ3) is 3.72. The summed E-state index contributed by atoms with van der Waals surface area (Å²) in [6, 6.07) is 17.4. The fourth-order valence-electron chi connectivity index (χ4n) is 4.16. The maximum absolute atomic E-state index is 13.0. The summed E-state index contributed by atoms with van der Waals surface area (Å²) in [4.78, 5) is 29.1. The van der Waals surface area contributed by atoms with Crippen molar-refractivity contribution in [1.29, 1.82) is 0 Å². The average Bonchev–Trinajstić information content (AvgIpc) is 3.25. The van der Waals surface area contributed by atoms with E-state index in [4.69, 9.17) is 0 Å². The van der Waals surface area contributed by atoms with Gasteiger partial charge in [-0.3, -0.25) is 9.59 Å². The van der Waals surface area contributed by atoms with E-state index in [0.717, 1.165) is 36.3 Å². The Morgan fingerprint density at radius 1 is 1.10 bits per heavy atom. The predicted octanol–water partition coefficient (Wildman–Crippen LogP) is 3.74. The quantitative estimate of drug-likeness (QED) is 0.536. The number of hydrogen-bond acceptors (Lipinski definition) is 5. The fourth-order valence-corrected chi connectivity index (χ4v) is 5.05. The molecule has 156 valence electrons. The molecular weight excluding hydrogens is 408 g/mol. The summed E-state index contributed by atoms with van der Waals surface area (Å²) in [6.07, 6.45) is 1.11. The zero-order valence-corrected chi connectivity index (χ0v) is 18.0. The van der Waals surface area contributed by atoms with Gasteiger partial charge in [0.1, 0.15) is 0 Å². The zero-order valence-electron chi connectivity index (χ0n) is 17.2. The second-order valence-electron chi connectivity index (χ2n) is 7.70. The monoisotopic (exact) mass is 430 g/mol. The number of nitrogens with zero attached hydrogens (tertiary/aromatic N) is 3. The number of carbonyl (C=O) groups excluding carboxylic acids is 1. The largest absolute Gasteiger partial charge is 0.365 e. The second-order valence-corrected chi connectivity index (χ2v) is 8.70. The summed E-state index contributed by atoms with van der Waals surface area (Å²) < 4.78 is 1.30. The van der Waals surface area contributed by atoms with E-state index in [0.29, 0.717) is 11.1 Å². The molecule has 5 rings (SSSR count). The molecule has 0 bridgehead atoms. The van der Waals surface area contributed by atoms with Gasteiger partial charge >= 0.3 is 0 Å². The lowest BCUT2D eigenvalue weighted by molar-refractivity contribution is -0.115. The topological polar surface area (TPSA) is 67.2 Å². The maximum Gasteiger partial charge on any atom is 0.274 e. The minimum absolute atomic E-state index is 0.0949. The Bertz CT molecular complexity index is 1340. The van der Waals surface area contributed by atoms with Gasteiger partial charge in [-0.1, -0.05) is 30.3 Å². The Kier molecular flexibility index (Phi) is 5.03. The van der Waals surface area contributed by atoms with Crippen molar-refractivity contribution in [2.45, 2.75) is 19.4 Å². The SMILES string of the molecule is Cn1nc(CC(=O)Nc2ccccc2N2CCc3sccc3C2)c2ccccc2c1=O. The zero-order chi connectivity index (χ0) is 21.4. The number of anilines is 2. The van der Waals surface area contributed by atoms with Crippen molar-refractivity contribution in [3.63, 3.8) is 0 Å². The molecule has 1 aliphatic heterocycles. The molecule has 6 nitrogen and oxygen atoms in total. The van der Waals surface area contributed by atoms with Crippen molar-refractivity contribution in [3.05, 3.63) is 86.5 Å². The average molecular weight is 431 g/mol. The van der Waals surface area contributed by atoms with Crippen LogP contribution in [-0.2, 0) is 31.2 Å². The maximum atomic E-state index is 13.0. The molecule has 7 heteroatoms. The third-order valence-corrected chi connectivity index (χ3v) is 6.71. The van der Waals surface area contributed by atoms with Crippen molar-refractivity contribution in [2.75, 3.05) is 16.8 Å². The van der Waals surface area contributed by atoms with Crippen LogP contribution in [0.15, 0.2) is 64.8 Å². The molecule has 0 saturated heterocycles. The molecule has 3 heterocycles. The highest BCUT2D eigenvalue weighted by Gasteiger charge is 2.20. The molecule has 1 amide bonds. The second kappa shape index (κ2) is 8.00. The van der Waals surface area contributed by atoms with Crippen LogP contribution in [0.3, 0.4) is 0 Å². The van der Waals surface area contributed by atoms with Crippen LogP contribution in [0.4, 0.5) is 11.4 Å². The summed E-state index contributed by atoms with van der Waals surface area (Å²) in [5.41, 5.74) is 3.60. The molecule has 0 fully saturated rings. The molecule has 2 aromatic heterocycles. The Balaban J connectivity index is 1.40. The molecule has 1 aliphatic rings. The molecule has 1 N–H and O–H groups in total. The van der Waals surface area contributed by atoms with E-state index in [-0.39, 0.29) is 17.9 Å². The number of nitrogens with one attached hydrogen (secondary N) is 1. The highest BCUT2D eigenvalue weighted by atomic mass is 32.1. The van der Waals surface area contributed by atoms with Crippen LogP contribution in [0, 0.1) is 0 Å². The molecule has 0 atom stereocenters. The number of carbonyl (C=O) groups is 1. The Hall–Kier alpha value is -3.45. The summed E-state index contributed by atoms with van der Waals surface area (Å²) >= 11 is 1.81. The van der Waals surface area contributed by atoms with Crippen LogP contribution in [0.5, 0.6) is 0 Å². The molecule has 0 unspecified atom stereocenters. The number of aromatic nitrogens is 2. The van der Waals surface area contributed by atoms with Crippen LogP contribution >= 0.6 is 11.3 Å². The normalized spacial score (nSPS) is 13.3. The third-order valence-electron chi connectivity index (χ3n) is 5.69. The van der Waals surface area contributed by atoms with E-state index >= 15 is 0 Å². The number of rotatable bonds is 4. The van der Waals surface area contributed by atoms with E-state index in [9.17, 15) is 9.59 Å². The number of para-hydroxylation sites is 2. The van der Waals surface area contributed by atoms with Crippen LogP contribution in [0.2, 0.25) is 0 Å². The van der Waals surface area contributed by atoms with E-state index in [1.165, 1.54) is 15.1 Å². The minimum atomic E-state index is -0.164. The van der Waals surface area contributed by atoms with Crippen molar-refractivity contribution in [2.24, 2.45) is 7.05 Å². The van der Waals surface area contributed by atoms with Crippen LogP contribution < -0.4 is 15.8 Å². The van der Waals surface area contributed by atoms with Crippen LogP contribution in [-0.4, -0.2) is 22.2 Å². The van der Waals surface area contributed by atoms with Crippen molar-refractivity contribution in [3.8, 4) is 0 Å². The Morgan fingerprint density at radius 2 is 1.87 bits per heavy atom. The molecular formula is C24H22N4O2S. The molecule has 0 spiro atoms. The van der Waals surface area contributed by atoms with Gasteiger partial charge in [0.2, 0.25) is 5.91 Å². The molecule has 2 aromatic carbocycles. The number of hydrogen-bond donors (Lipinski definition) is 1. The molecule has 4 aromatic rings. The van der Waals surface area contributed by atoms with Gasteiger partial charge in [0.15, 0.2) is 0 Å². The first-order chi connectivity index (χ1) is 15.1. The fraction of sp³-hybridized carbons (Fsp3) is 0.208. The van der Waals surface area contributed by atoms with E-state index in [2.05, 4.69) is 26.8 Å². The first kappa shape index (κ1) is 19.5. The number of aryl methyl sites for hydroxylation is 1. The Morgan fingerprint density at radius 3 is 2.74 bits per heavy atom. The van der Waals surface area contributed by atoms with Gasteiger partial charge in [-0.25, -0.2) is 4.68 Å². The number of amides is 1. The van der Waals surface area contributed by atoms with Gasteiger partial charge in [-0.15, -0.1) is 11.3 Å². The van der Waals surface area contributed by atoms with Crippen LogP contribution in [0.1, 0.15) is 16.1 Å². The van der Waals surface area contributed by atoms with E-state index < -0.39 is 0 Å². The summed E-state index contributed by atoms with van der Waals surface area (Å²) in [7, 11) is 1.61. The highest BCUT2D eigenvalue weighted by molar-refractivity contribution is 7.10. The van der Waals surface area contributed by atoms with Gasteiger partial charge in [-0.05, 0) is 41.6 Å². The number of benzene rings is 2. The summed E-state index contributed by atoms with van der Waals surface area (Å²) in [6.45, 7) is 1.77. The lowest BCUT2D eigenvalue weighted by Gasteiger charge is -2.30. The molecule has 0 radical (unpaired) electrons. The van der Waals surface area contributed by atoms with Gasteiger partial charge in [-0.2, -0.15) is 5.10 Å². The standard InChI is InChI=1S/C24H22N4O2S/c1-27-24(30)18-7-3-2-6-17(18)20(26-27)14-23(29)25-19-8-4-5-9-21(19)28-12-10-22-16(15-28)11-13-31-22/h2-9,11,13H,10,12,14-15H2,1H3,(H,25,29). The lowest BCUT2D eigenvalue weighted by atomic mass is 10.1. The van der Waals surface area contributed by atoms with Crippen LogP contribution in [0.25, 0.3) is 10.8 Å². The van der Waals surface area contributed by atoms with Gasteiger partial charge < -0.3 is 10.2 Å². The first-order valence-electron chi connectivity index (χ1n) is 10.2. The highest BCUT2D eigenvalue weighted by Crippen LogP contribution is 2.32. The molecule has 0 aliphatic carbocycles. The van der Waals surface area contributed by atoms with Crippen molar-refractivity contribution >= 4 is 39.4 Å². The van der Waals surface area contributed by atoms with Gasteiger partial charge in [0.25, 0.3) is 5.56 Å². The van der Waals surface area contributed by atoms with E-state index in [1.54, 1.807) is 13.1 Å². The van der Waals surface area contributed by atoms with Crippen molar-refractivity contribution in [1.82, 2.24) is 9.78 Å². The number of fused-ring (bicyclic) bond motifs is 2. The summed E-state index contributed by atoms with van der Waals surface area (Å²) in [5, 5.41) is 10.9. The molecule has 31 heavy (non-hydrogen) atoms. The van der Waals surface area contributed by atoms with E-state index in [1.807, 2.05) is 53.8 Å². The minimum Gasteiger partial charge on any atom is -0.365 e. The van der Waals surface area contributed by atoms with Crippen molar-refractivity contribution < 1.29 is 4.79 Å². The van der Waals surface area contributed by atoms with Gasteiger partial charge in [0.05, 0.1) is 28.9 Å². The predicted molar refractivity (Wildman–Crippen MR) is 125 cm³/mol. The Labute approximate surface area is 183 Å². The number of thiophene rings is 1. The smallest absolute Gasteiger partial charge is 0.274 e.